The summed E-state index contributed by atoms with van der Waals surface area (Å²) in [5.74, 6) is -0.0710. The van der Waals surface area contributed by atoms with Gasteiger partial charge in [0.1, 0.15) is 5.60 Å². The summed E-state index contributed by atoms with van der Waals surface area (Å²) in [4.78, 5) is 25.9. The lowest BCUT2D eigenvalue weighted by Gasteiger charge is -2.52. The van der Waals surface area contributed by atoms with Crippen LogP contribution in [0.5, 0.6) is 0 Å². The molecular weight excluding hydrogens is 410 g/mol. The molecular formula is C29H29NO3. The van der Waals surface area contributed by atoms with Crippen molar-refractivity contribution < 1.29 is 14.7 Å². The number of benzene rings is 3. The molecule has 2 aliphatic carbocycles. The number of hydrogen-bond acceptors (Lipinski definition) is 3. The highest BCUT2D eigenvalue weighted by atomic mass is 16.3. The summed E-state index contributed by atoms with van der Waals surface area (Å²) in [6.07, 6.45) is 3.14. The normalized spacial score (nSPS) is 26.2. The van der Waals surface area contributed by atoms with Gasteiger partial charge in [-0.3, -0.25) is 9.59 Å². The fourth-order valence-electron chi connectivity index (χ4n) is 6.09. The first-order valence-electron chi connectivity index (χ1n) is 11.7. The van der Waals surface area contributed by atoms with Gasteiger partial charge >= 0.3 is 0 Å². The first-order valence-corrected chi connectivity index (χ1v) is 11.7. The molecule has 0 aliphatic heterocycles. The molecule has 1 saturated carbocycles. The Labute approximate surface area is 194 Å². The van der Waals surface area contributed by atoms with Crippen molar-refractivity contribution >= 4 is 11.7 Å². The molecule has 0 heterocycles. The molecule has 1 fully saturated rings. The van der Waals surface area contributed by atoms with Crippen LogP contribution in [0.1, 0.15) is 51.9 Å². The zero-order chi connectivity index (χ0) is 23.1. The summed E-state index contributed by atoms with van der Waals surface area (Å²) in [6, 6.07) is 25.6. The first-order chi connectivity index (χ1) is 16.0. The molecule has 3 aromatic carbocycles. The van der Waals surface area contributed by atoms with Crippen LogP contribution < -0.4 is 5.32 Å². The maximum Gasteiger partial charge on any atom is 0.251 e. The number of carbonyl (C=O) groups is 2. The SMILES string of the molecule is CNC(=O)c1ccc2c(c1)CC[C@@H]1C[C@@](O)(c3ccccc3)C(=O)C[C@@]21Cc1ccccc1. The van der Waals surface area contributed by atoms with Gasteiger partial charge < -0.3 is 10.4 Å². The molecule has 0 bridgehead atoms. The van der Waals surface area contributed by atoms with Crippen LogP contribution in [0, 0.1) is 5.92 Å². The van der Waals surface area contributed by atoms with Crippen LogP contribution in [0.25, 0.3) is 0 Å². The Balaban J connectivity index is 1.62. The lowest BCUT2D eigenvalue weighted by atomic mass is 9.51. The Morgan fingerprint density at radius 1 is 1.03 bits per heavy atom. The van der Waals surface area contributed by atoms with Crippen LogP contribution in [0.15, 0.2) is 78.9 Å². The minimum absolute atomic E-state index is 0.102. The van der Waals surface area contributed by atoms with Crippen LogP contribution in [0.4, 0.5) is 0 Å². The number of rotatable bonds is 4. The lowest BCUT2D eigenvalue weighted by molar-refractivity contribution is -0.150. The van der Waals surface area contributed by atoms with Gasteiger partial charge in [-0.25, -0.2) is 0 Å². The van der Waals surface area contributed by atoms with Gasteiger partial charge in [-0.15, -0.1) is 0 Å². The molecule has 33 heavy (non-hydrogen) atoms. The van der Waals surface area contributed by atoms with E-state index < -0.39 is 11.0 Å². The second-order valence-electron chi connectivity index (χ2n) is 9.54. The maximum atomic E-state index is 13.7. The second kappa shape index (κ2) is 8.27. The topological polar surface area (TPSA) is 66.4 Å². The fraction of sp³-hybridized carbons (Fsp3) is 0.310. The summed E-state index contributed by atoms with van der Waals surface area (Å²) < 4.78 is 0. The third-order valence-corrected chi connectivity index (χ3v) is 7.77. The molecule has 3 aromatic rings. The zero-order valence-corrected chi connectivity index (χ0v) is 18.9. The van der Waals surface area contributed by atoms with Crippen molar-refractivity contribution in [3.63, 3.8) is 0 Å². The molecule has 2 N–H and O–H groups in total. The van der Waals surface area contributed by atoms with Gasteiger partial charge in [0, 0.05) is 24.4 Å². The predicted octanol–water partition coefficient (Wildman–Crippen LogP) is 4.34. The molecule has 4 heteroatoms. The van der Waals surface area contributed by atoms with Gasteiger partial charge in [0.25, 0.3) is 5.91 Å². The molecule has 0 spiro atoms. The quantitative estimate of drug-likeness (QED) is 0.636. The molecule has 5 rings (SSSR count). The number of nitrogens with one attached hydrogen (secondary N) is 1. The number of Topliss-reactive ketones (excluding diaryl/α,β-unsaturated/α-hetero) is 1. The molecule has 2 aliphatic rings. The zero-order valence-electron chi connectivity index (χ0n) is 18.9. The van der Waals surface area contributed by atoms with Crippen LogP contribution in [0.3, 0.4) is 0 Å². The van der Waals surface area contributed by atoms with Crippen molar-refractivity contribution in [1.29, 1.82) is 0 Å². The standard InChI is InChI=1S/C29H29NO3/c1-30-27(32)22-13-15-25-21(16-22)12-14-24-18-29(33,23-10-6-3-7-11-23)26(31)19-28(24,25)17-20-8-4-2-5-9-20/h2-11,13,15-16,24,33H,12,14,17-19H2,1H3,(H,30,32)/t24-,28-,29-/m1/s1. The number of aliphatic hydroxyl groups is 1. The van der Waals surface area contributed by atoms with E-state index >= 15 is 0 Å². The summed E-state index contributed by atoms with van der Waals surface area (Å²) in [5, 5.41) is 14.3. The van der Waals surface area contributed by atoms with Gasteiger partial charge in [0.05, 0.1) is 0 Å². The van der Waals surface area contributed by atoms with Crippen molar-refractivity contribution in [2.75, 3.05) is 7.05 Å². The summed E-state index contributed by atoms with van der Waals surface area (Å²) in [5.41, 5.74) is 2.96. The van der Waals surface area contributed by atoms with Crippen molar-refractivity contribution in [3.05, 3.63) is 107 Å². The van der Waals surface area contributed by atoms with E-state index in [0.29, 0.717) is 17.5 Å². The molecule has 4 nitrogen and oxygen atoms in total. The summed E-state index contributed by atoms with van der Waals surface area (Å²) in [6.45, 7) is 0. The van der Waals surface area contributed by atoms with E-state index in [1.165, 1.54) is 5.56 Å². The molecule has 0 aromatic heterocycles. The van der Waals surface area contributed by atoms with Crippen LogP contribution in [-0.2, 0) is 28.7 Å². The molecule has 0 unspecified atom stereocenters. The van der Waals surface area contributed by atoms with Crippen molar-refractivity contribution in [2.24, 2.45) is 5.92 Å². The van der Waals surface area contributed by atoms with E-state index in [0.717, 1.165) is 30.4 Å². The number of carbonyl (C=O) groups excluding carboxylic acids is 2. The largest absolute Gasteiger partial charge is 0.377 e. The van der Waals surface area contributed by atoms with Gasteiger partial charge in [-0.05, 0) is 66.0 Å². The average molecular weight is 440 g/mol. The summed E-state index contributed by atoms with van der Waals surface area (Å²) in [7, 11) is 1.64. The van der Waals surface area contributed by atoms with E-state index in [4.69, 9.17) is 0 Å². The molecule has 0 saturated heterocycles. The van der Waals surface area contributed by atoms with E-state index in [1.807, 2.05) is 60.7 Å². The maximum absolute atomic E-state index is 13.7. The Morgan fingerprint density at radius 3 is 2.42 bits per heavy atom. The minimum atomic E-state index is -1.45. The highest BCUT2D eigenvalue weighted by Crippen LogP contribution is 2.55. The number of fused-ring (bicyclic) bond motifs is 3. The Morgan fingerprint density at radius 2 is 1.73 bits per heavy atom. The highest BCUT2D eigenvalue weighted by Gasteiger charge is 2.56. The van der Waals surface area contributed by atoms with Crippen LogP contribution >= 0.6 is 0 Å². The number of aryl methyl sites for hydroxylation is 1. The first kappa shape index (κ1) is 21.6. The Bertz CT molecular complexity index is 1190. The molecule has 1 amide bonds. The Hall–Kier alpha value is -3.24. The monoisotopic (exact) mass is 439 g/mol. The minimum Gasteiger partial charge on any atom is -0.377 e. The summed E-state index contributed by atoms with van der Waals surface area (Å²) >= 11 is 0. The fourth-order valence-corrected chi connectivity index (χ4v) is 6.09. The van der Waals surface area contributed by atoms with Gasteiger partial charge in [0.2, 0.25) is 0 Å². The van der Waals surface area contributed by atoms with Crippen molar-refractivity contribution in [2.45, 2.75) is 43.1 Å². The third kappa shape index (κ3) is 3.59. The van der Waals surface area contributed by atoms with Crippen molar-refractivity contribution in [3.8, 4) is 0 Å². The van der Waals surface area contributed by atoms with Crippen LogP contribution in [-0.4, -0.2) is 23.8 Å². The highest BCUT2D eigenvalue weighted by molar-refractivity contribution is 5.94. The van der Waals surface area contributed by atoms with Gasteiger partial charge in [-0.1, -0.05) is 66.7 Å². The molecule has 168 valence electrons. The number of hydrogen-bond donors (Lipinski definition) is 2. The van der Waals surface area contributed by atoms with E-state index in [-0.39, 0.29) is 24.0 Å². The van der Waals surface area contributed by atoms with Gasteiger partial charge in [0.15, 0.2) is 5.78 Å². The van der Waals surface area contributed by atoms with Crippen LogP contribution in [0.2, 0.25) is 0 Å². The third-order valence-electron chi connectivity index (χ3n) is 7.77. The molecule has 3 atom stereocenters. The van der Waals surface area contributed by atoms with Crippen molar-refractivity contribution in [1.82, 2.24) is 5.32 Å². The second-order valence-corrected chi connectivity index (χ2v) is 9.54. The van der Waals surface area contributed by atoms with E-state index in [1.54, 1.807) is 7.05 Å². The van der Waals surface area contributed by atoms with Gasteiger partial charge in [-0.2, -0.15) is 0 Å². The number of ketones is 1. The van der Waals surface area contributed by atoms with E-state index in [9.17, 15) is 14.7 Å². The average Bonchev–Trinajstić information content (AvgIpc) is 2.85. The number of amides is 1. The Kier molecular flexibility index (Phi) is 5.41. The van der Waals surface area contributed by atoms with E-state index in [2.05, 4.69) is 23.5 Å². The molecule has 0 radical (unpaired) electrons. The smallest absolute Gasteiger partial charge is 0.251 e. The predicted molar refractivity (Wildman–Crippen MR) is 128 cm³/mol. The lowest BCUT2D eigenvalue weighted by Crippen LogP contribution is -2.55.